The summed E-state index contributed by atoms with van der Waals surface area (Å²) in [5, 5.41) is 38.3. The van der Waals surface area contributed by atoms with E-state index in [9.17, 15) is 49.2 Å². The van der Waals surface area contributed by atoms with Crippen molar-refractivity contribution in [2.45, 2.75) is 64.2 Å². The minimum atomic E-state index is -1.71. The number of aliphatic carboxylic acids is 4. The van der Waals surface area contributed by atoms with Crippen molar-refractivity contribution in [2.75, 3.05) is 0 Å². The number of aryl methyl sites for hydroxylation is 1. The summed E-state index contributed by atoms with van der Waals surface area (Å²) in [7, 11) is 0. The Kier molecular flexibility index (Phi) is 9.85. The molecule has 15 heteroatoms. The molecule has 2 atom stereocenters. The van der Waals surface area contributed by atoms with Gasteiger partial charge in [-0.05, 0) is 63.0 Å². The molecule has 0 fully saturated rings. The maximum Gasteiger partial charge on any atom is 2.00 e. The monoisotopic (exact) mass is 710 g/mol. The maximum atomic E-state index is 13.9. The van der Waals surface area contributed by atoms with E-state index in [1.54, 1.807) is 19.9 Å². The van der Waals surface area contributed by atoms with Crippen molar-refractivity contribution in [2.24, 2.45) is 0 Å². The largest absolute Gasteiger partial charge is 2.00 e. The number of rotatable bonds is 9. The summed E-state index contributed by atoms with van der Waals surface area (Å²) in [6, 6.07) is 5.55. The van der Waals surface area contributed by atoms with Crippen LogP contribution in [-0.2, 0) is 47.1 Å². The van der Waals surface area contributed by atoms with E-state index in [0.717, 1.165) is 6.08 Å². The number of carboxylic acids is 4. The van der Waals surface area contributed by atoms with Gasteiger partial charge in [0.25, 0.3) is 0 Å². The second kappa shape index (κ2) is 13.2. The molecule has 0 saturated carbocycles. The number of hydrogen-bond donors (Lipinski definition) is 4. The molecule has 2 aromatic rings. The molecule has 3 aliphatic rings. The average Bonchev–Trinajstić information content (AvgIpc) is 3.58. The molecule has 0 amide bonds. The summed E-state index contributed by atoms with van der Waals surface area (Å²) in [6.45, 7) is 6.14. The van der Waals surface area contributed by atoms with Gasteiger partial charge in [-0.25, -0.2) is 14.8 Å². The fraction of sp³-hybridized carbons (Fsp3) is 0.294. The van der Waals surface area contributed by atoms with Gasteiger partial charge < -0.3 is 30.4 Å². The number of carbonyl (C=O) groups excluding carboxylic acids is 2. The van der Waals surface area contributed by atoms with E-state index in [4.69, 9.17) is 0 Å². The van der Waals surface area contributed by atoms with Crippen LogP contribution < -0.4 is 9.97 Å². The molecule has 5 heterocycles. The quantitative estimate of drug-likeness (QED) is 0.214. The Labute approximate surface area is 289 Å². The first kappa shape index (κ1) is 36.4. The van der Waals surface area contributed by atoms with Crippen LogP contribution in [0.2, 0.25) is 0 Å². The molecule has 4 N–H and O–H groups in total. The Bertz CT molecular complexity index is 2110. The van der Waals surface area contributed by atoms with Crippen molar-refractivity contribution in [3.8, 4) is 0 Å². The van der Waals surface area contributed by atoms with Crippen LogP contribution in [-0.4, -0.2) is 65.8 Å². The van der Waals surface area contributed by atoms with E-state index in [1.807, 2.05) is 0 Å². The number of aromatic nitrogens is 4. The molecule has 8 bridgehead atoms. The first-order chi connectivity index (χ1) is 22.4. The number of nitrogens with zero attached hydrogens (tertiary/aromatic N) is 4. The van der Waals surface area contributed by atoms with Crippen molar-refractivity contribution >= 4 is 63.7 Å². The molecule has 254 valence electrons. The van der Waals surface area contributed by atoms with Crippen LogP contribution in [0.15, 0.2) is 30.3 Å². The molecular formula is C34H30FeN4O10. The average molecular weight is 710 g/mol. The van der Waals surface area contributed by atoms with Gasteiger partial charge in [-0.1, -0.05) is 29.5 Å². The van der Waals surface area contributed by atoms with Crippen LogP contribution in [0.5, 0.6) is 0 Å². The Morgan fingerprint density at radius 2 is 1.43 bits per heavy atom. The molecule has 2 aromatic heterocycles. The number of allylic oxidation sites excluding steroid dienone is 2. The Hall–Kier alpha value is -5.40. The minimum absolute atomic E-state index is 0. The van der Waals surface area contributed by atoms with Crippen LogP contribution >= 0.6 is 0 Å². The van der Waals surface area contributed by atoms with Crippen molar-refractivity contribution in [3.05, 3.63) is 75.6 Å². The molecule has 0 spiro atoms. The smallest absolute Gasteiger partial charge is 0.657 e. The van der Waals surface area contributed by atoms with Gasteiger partial charge in [-0.2, -0.15) is 0 Å². The summed E-state index contributed by atoms with van der Waals surface area (Å²) in [6.07, 6.45) is 0.732. The molecular weight excluding hydrogens is 680 g/mol. The van der Waals surface area contributed by atoms with E-state index < -0.39 is 59.1 Å². The third-order valence-corrected chi connectivity index (χ3v) is 8.86. The Morgan fingerprint density at radius 1 is 0.776 bits per heavy atom. The Morgan fingerprint density at radius 3 is 2.04 bits per heavy atom. The number of fused-ring (bicyclic) bond motifs is 8. The molecule has 14 nitrogen and oxygen atoms in total. The Balaban J connectivity index is 0.00000541. The summed E-state index contributed by atoms with van der Waals surface area (Å²) in [4.78, 5) is 92.8. The first-order valence-corrected chi connectivity index (χ1v) is 14.7. The molecule has 0 radical (unpaired) electrons. The minimum Gasteiger partial charge on any atom is -0.657 e. The molecule has 0 saturated heterocycles. The number of hydrogen-bond acceptors (Lipinski definition) is 8. The molecule has 49 heavy (non-hydrogen) atoms. The zero-order chi connectivity index (χ0) is 35.3. The summed E-state index contributed by atoms with van der Waals surface area (Å²) >= 11 is 0. The van der Waals surface area contributed by atoms with Gasteiger partial charge in [-0.3, -0.25) is 24.0 Å². The van der Waals surface area contributed by atoms with Gasteiger partial charge in [-0.15, -0.1) is 16.7 Å². The molecule has 0 aromatic carbocycles. The van der Waals surface area contributed by atoms with E-state index in [0.29, 0.717) is 28.0 Å². The second-order valence-corrected chi connectivity index (χ2v) is 12.3. The fourth-order valence-corrected chi connectivity index (χ4v) is 6.10. The van der Waals surface area contributed by atoms with Crippen LogP contribution in [0.4, 0.5) is 0 Å². The number of carboxylic acid groups (broad SMARTS) is 4. The SMILES string of the molecule is CC1=C(CCC(=O)O)c2cc3[n-]c(cc4nc(cc5[n-]c(cc1n2)C(=O)[C@]5(C)CC(=O)O)C(=O)[C@]4(C)CC(=O)O)c(C)c3/C=C/C(=O)O.[Fe+2]. The number of carbonyl (C=O) groups is 6. The summed E-state index contributed by atoms with van der Waals surface area (Å²) in [5.74, 6) is -6.22. The molecule has 3 aliphatic heterocycles. The molecule has 0 aliphatic carbocycles. The van der Waals surface area contributed by atoms with Crippen LogP contribution in [0.1, 0.15) is 101 Å². The zero-order valence-corrected chi connectivity index (χ0v) is 27.8. The summed E-state index contributed by atoms with van der Waals surface area (Å²) in [5.41, 5.74) is -0.826. The van der Waals surface area contributed by atoms with Crippen LogP contribution in [0, 0.1) is 6.92 Å². The van der Waals surface area contributed by atoms with Gasteiger partial charge in [0.1, 0.15) is 11.5 Å². The van der Waals surface area contributed by atoms with E-state index in [-0.39, 0.29) is 69.4 Å². The molecule has 5 rings (SSSR count). The summed E-state index contributed by atoms with van der Waals surface area (Å²) < 4.78 is 0. The van der Waals surface area contributed by atoms with Gasteiger partial charge >= 0.3 is 40.9 Å². The zero-order valence-electron chi connectivity index (χ0n) is 26.7. The van der Waals surface area contributed by atoms with Crippen molar-refractivity contribution in [1.29, 1.82) is 0 Å². The predicted octanol–water partition coefficient (Wildman–Crippen LogP) is 3.73. The molecule has 0 unspecified atom stereocenters. The van der Waals surface area contributed by atoms with Gasteiger partial charge in [0.15, 0.2) is 5.78 Å². The first-order valence-electron chi connectivity index (χ1n) is 14.7. The van der Waals surface area contributed by atoms with E-state index in [1.165, 1.54) is 38.1 Å². The third-order valence-electron chi connectivity index (χ3n) is 8.86. The van der Waals surface area contributed by atoms with Gasteiger partial charge in [0.2, 0.25) is 0 Å². The van der Waals surface area contributed by atoms with E-state index in [2.05, 4.69) is 19.9 Å². The van der Waals surface area contributed by atoms with Crippen molar-refractivity contribution < 1.29 is 66.3 Å². The second-order valence-electron chi connectivity index (χ2n) is 12.3. The topological polar surface area (TPSA) is 237 Å². The van der Waals surface area contributed by atoms with Gasteiger partial charge in [0, 0.05) is 17.9 Å². The predicted molar refractivity (Wildman–Crippen MR) is 169 cm³/mol. The van der Waals surface area contributed by atoms with E-state index >= 15 is 0 Å². The van der Waals surface area contributed by atoms with Crippen molar-refractivity contribution in [3.63, 3.8) is 0 Å². The van der Waals surface area contributed by atoms with Crippen LogP contribution in [0.3, 0.4) is 0 Å². The van der Waals surface area contributed by atoms with Crippen LogP contribution in [0.25, 0.3) is 28.3 Å². The number of Topliss-reactive ketones (excluding diaryl/α,β-unsaturated/α-hetero) is 2. The standard InChI is InChI=1S/C34H32N4O10.Fe/c1-15-17(5-7-27(39)40)21-10-22-18(6-8-28(41)42)16(2)20(36-22)11-25-33(3,13-29(43)44)32(48)24(38-25)12-26-34(4,14-30(45)46)31(47)23(37-26)9-19(15)35-21;/h6,8-12H,5,7,13-14H2,1-4H3,(H6,35,36,37,38,39,40,41,42,43,44,45,46,47,48);/q;+2/p-2/b8-6+;/t33-,34-;/m1./s1. The third kappa shape index (κ3) is 6.67. The number of ketones is 2. The van der Waals surface area contributed by atoms with Crippen molar-refractivity contribution in [1.82, 2.24) is 19.9 Å². The van der Waals surface area contributed by atoms with Gasteiger partial charge in [0.05, 0.1) is 35.3 Å². The normalized spacial score (nSPS) is 19.5. The fourth-order valence-electron chi connectivity index (χ4n) is 6.10. The maximum absolute atomic E-state index is 13.9.